The first kappa shape index (κ1) is 9.21. The van der Waals surface area contributed by atoms with Crippen LogP contribution in [0.1, 0.15) is 0 Å². The van der Waals surface area contributed by atoms with Crippen LogP contribution in [0.2, 0.25) is 0 Å². The maximum Gasteiger partial charge on any atom is 0.171 e. The van der Waals surface area contributed by atoms with E-state index in [0.717, 1.165) is 10.3 Å². The fourth-order valence-corrected chi connectivity index (χ4v) is 1.68. The number of rotatable bonds is 2. The van der Waals surface area contributed by atoms with Gasteiger partial charge in [-0.2, -0.15) is 5.10 Å². The van der Waals surface area contributed by atoms with Crippen molar-refractivity contribution in [1.29, 1.82) is 0 Å². The first-order valence-corrected chi connectivity index (χ1v) is 4.80. The van der Waals surface area contributed by atoms with E-state index in [1.165, 1.54) is 0 Å². The second kappa shape index (κ2) is 3.79. The molecule has 0 saturated carbocycles. The van der Waals surface area contributed by atoms with E-state index in [1.54, 1.807) is 30.4 Å². The third-order valence-electron chi connectivity index (χ3n) is 1.81. The van der Waals surface area contributed by atoms with Crippen LogP contribution in [0, 0.1) is 0 Å². The second-order valence-corrected chi connectivity index (χ2v) is 3.37. The quantitative estimate of drug-likeness (QED) is 0.823. The first-order valence-electron chi connectivity index (χ1n) is 4.01. The van der Waals surface area contributed by atoms with E-state index in [9.17, 15) is 0 Å². The fraction of sp³-hybridized carbons (Fsp3) is 0.111. The lowest BCUT2D eigenvalue weighted by molar-refractivity contribution is 0.412. The summed E-state index contributed by atoms with van der Waals surface area (Å²) in [4.78, 5) is 3.94. The Bertz CT molecular complexity index is 427. The summed E-state index contributed by atoms with van der Waals surface area (Å²) in [6, 6.07) is 3.74. The highest BCUT2D eigenvalue weighted by atomic mass is 79.9. The van der Waals surface area contributed by atoms with Crippen LogP contribution in [0.3, 0.4) is 0 Å². The minimum Gasteiger partial charge on any atom is -0.492 e. The zero-order chi connectivity index (χ0) is 9.97. The minimum absolute atomic E-state index is 0.710. The van der Waals surface area contributed by atoms with Crippen LogP contribution in [-0.4, -0.2) is 21.9 Å². The zero-order valence-electron chi connectivity index (χ0n) is 7.51. The fourth-order valence-electron chi connectivity index (χ4n) is 1.12. The average molecular weight is 254 g/mol. The van der Waals surface area contributed by atoms with Gasteiger partial charge in [0.1, 0.15) is 0 Å². The highest BCUT2D eigenvalue weighted by Crippen LogP contribution is 2.26. The summed E-state index contributed by atoms with van der Waals surface area (Å²) in [5.41, 5.74) is 0.940. The molecule has 2 aromatic heterocycles. The molecule has 0 saturated heterocycles. The standard InChI is InChI=1S/C9H8BrN3O/c1-14-8-6-12-13(9(8)10)7-2-4-11-5-3-7/h2-6H,1H3. The molecule has 5 heteroatoms. The van der Waals surface area contributed by atoms with Crippen molar-refractivity contribution in [2.45, 2.75) is 0 Å². The summed E-state index contributed by atoms with van der Waals surface area (Å²) in [6.45, 7) is 0. The second-order valence-electron chi connectivity index (χ2n) is 2.62. The molecule has 0 amide bonds. The summed E-state index contributed by atoms with van der Waals surface area (Å²) in [5, 5.41) is 4.17. The molecular formula is C9H8BrN3O. The van der Waals surface area contributed by atoms with Gasteiger partial charge in [0.25, 0.3) is 0 Å². The van der Waals surface area contributed by atoms with Crippen LogP contribution in [0.25, 0.3) is 5.69 Å². The van der Waals surface area contributed by atoms with E-state index < -0.39 is 0 Å². The van der Waals surface area contributed by atoms with Gasteiger partial charge >= 0.3 is 0 Å². The molecule has 2 aromatic rings. The zero-order valence-corrected chi connectivity index (χ0v) is 9.10. The van der Waals surface area contributed by atoms with Gasteiger partial charge in [0, 0.05) is 12.4 Å². The van der Waals surface area contributed by atoms with E-state index in [2.05, 4.69) is 26.0 Å². The molecule has 0 spiro atoms. The predicted octanol–water partition coefficient (Wildman–Crippen LogP) is 2.04. The smallest absolute Gasteiger partial charge is 0.171 e. The maximum atomic E-state index is 5.10. The number of nitrogens with zero attached hydrogens (tertiary/aromatic N) is 3. The van der Waals surface area contributed by atoms with E-state index in [4.69, 9.17) is 4.74 Å². The van der Waals surface area contributed by atoms with Crippen molar-refractivity contribution in [3.8, 4) is 11.4 Å². The van der Waals surface area contributed by atoms with E-state index in [0.29, 0.717) is 5.75 Å². The van der Waals surface area contributed by atoms with Crippen LogP contribution in [0.15, 0.2) is 35.3 Å². The molecule has 0 aromatic carbocycles. The largest absolute Gasteiger partial charge is 0.492 e. The highest BCUT2D eigenvalue weighted by Gasteiger charge is 2.08. The number of methoxy groups -OCH3 is 1. The number of pyridine rings is 1. The van der Waals surface area contributed by atoms with Crippen LogP contribution < -0.4 is 4.74 Å². The lowest BCUT2D eigenvalue weighted by Gasteiger charge is -2.02. The third-order valence-corrected chi connectivity index (χ3v) is 2.53. The van der Waals surface area contributed by atoms with Gasteiger partial charge in [-0.1, -0.05) is 0 Å². The van der Waals surface area contributed by atoms with Crippen molar-refractivity contribution in [2.75, 3.05) is 7.11 Å². The summed E-state index contributed by atoms with van der Waals surface area (Å²) in [7, 11) is 1.61. The van der Waals surface area contributed by atoms with Crippen LogP contribution in [-0.2, 0) is 0 Å². The Kier molecular flexibility index (Phi) is 2.49. The first-order chi connectivity index (χ1) is 6.83. The van der Waals surface area contributed by atoms with E-state index >= 15 is 0 Å². The van der Waals surface area contributed by atoms with Crippen molar-refractivity contribution in [1.82, 2.24) is 14.8 Å². The Balaban J connectivity index is 2.48. The van der Waals surface area contributed by atoms with Crippen LogP contribution >= 0.6 is 15.9 Å². The van der Waals surface area contributed by atoms with Gasteiger partial charge in [-0.25, -0.2) is 4.68 Å². The highest BCUT2D eigenvalue weighted by molar-refractivity contribution is 9.10. The lowest BCUT2D eigenvalue weighted by Crippen LogP contribution is -1.96. The van der Waals surface area contributed by atoms with Crippen molar-refractivity contribution >= 4 is 15.9 Å². The molecule has 2 rings (SSSR count). The Morgan fingerprint density at radius 3 is 2.64 bits per heavy atom. The van der Waals surface area contributed by atoms with Gasteiger partial charge in [0.15, 0.2) is 10.4 Å². The normalized spacial score (nSPS) is 10.1. The Hall–Kier alpha value is -1.36. The van der Waals surface area contributed by atoms with Crippen LogP contribution in [0.4, 0.5) is 0 Å². The molecule has 4 nitrogen and oxygen atoms in total. The van der Waals surface area contributed by atoms with E-state index in [-0.39, 0.29) is 0 Å². The molecule has 2 heterocycles. The molecule has 0 N–H and O–H groups in total. The van der Waals surface area contributed by atoms with Gasteiger partial charge < -0.3 is 4.74 Å². The predicted molar refractivity (Wildman–Crippen MR) is 55.6 cm³/mol. The molecule has 0 aliphatic heterocycles. The molecule has 0 radical (unpaired) electrons. The third kappa shape index (κ3) is 1.50. The molecule has 0 bridgehead atoms. The van der Waals surface area contributed by atoms with Crippen molar-refractivity contribution < 1.29 is 4.74 Å². The SMILES string of the molecule is COc1cnn(-c2ccncc2)c1Br. The number of hydrogen-bond donors (Lipinski definition) is 0. The van der Waals surface area contributed by atoms with Gasteiger partial charge in [0.2, 0.25) is 0 Å². The van der Waals surface area contributed by atoms with E-state index in [1.807, 2.05) is 12.1 Å². The number of halogens is 1. The average Bonchev–Trinajstić information content (AvgIpc) is 2.61. The van der Waals surface area contributed by atoms with Crippen molar-refractivity contribution in [2.24, 2.45) is 0 Å². The maximum absolute atomic E-state index is 5.10. The topological polar surface area (TPSA) is 39.9 Å². The molecule has 0 atom stereocenters. The summed E-state index contributed by atoms with van der Waals surface area (Å²) >= 11 is 3.40. The number of hydrogen-bond acceptors (Lipinski definition) is 3. The Labute approximate surface area is 89.7 Å². The summed E-state index contributed by atoms with van der Waals surface area (Å²) in [5.74, 6) is 0.710. The Morgan fingerprint density at radius 2 is 2.07 bits per heavy atom. The molecule has 0 unspecified atom stereocenters. The Morgan fingerprint density at radius 1 is 1.36 bits per heavy atom. The molecular weight excluding hydrogens is 246 g/mol. The van der Waals surface area contributed by atoms with Crippen molar-refractivity contribution in [3.63, 3.8) is 0 Å². The molecule has 72 valence electrons. The van der Waals surface area contributed by atoms with Gasteiger partial charge in [-0.15, -0.1) is 0 Å². The molecule has 0 aliphatic carbocycles. The van der Waals surface area contributed by atoms with Crippen molar-refractivity contribution in [3.05, 3.63) is 35.3 Å². The van der Waals surface area contributed by atoms with Gasteiger partial charge in [-0.05, 0) is 28.1 Å². The summed E-state index contributed by atoms with van der Waals surface area (Å²) < 4.78 is 7.64. The molecule has 0 fully saturated rings. The van der Waals surface area contributed by atoms with Crippen LogP contribution in [0.5, 0.6) is 5.75 Å². The monoisotopic (exact) mass is 253 g/mol. The molecule has 14 heavy (non-hydrogen) atoms. The van der Waals surface area contributed by atoms with Gasteiger partial charge in [0.05, 0.1) is 19.0 Å². The van der Waals surface area contributed by atoms with Gasteiger partial charge in [-0.3, -0.25) is 4.98 Å². The lowest BCUT2D eigenvalue weighted by atomic mass is 10.4. The number of aromatic nitrogens is 3. The minimum atomic E-state index is 0.710. The summed E-state index contributed by atoms with van der Waals surface area (Å²) in [6.07, 6.45) is 5.09. The molecule has 0 aliphatic rings. The number of ether oxygens (including phenoxy) is 1.